The number of nitrogens with one attached hydrogen (secondary N) is 2. The van der Waals surface area contributed by atoms with Gasteiger partial charge in [-0.25, -0.2) is 8.42 Å². The Bertz CT molecular complexity index is 1240. The van der Waals surface area contributed by atoms with Gasteiger partial charge in [0.15, 0.2) is 17.6 Å². The smallest absolute Gasteiger partial charge is 0.265 e. The van der Waals surface area contributed by atoms with Gasteiger partial charge in [-0.2, -0.15) is 0 Å². The Morgan fingerprint density at radius 1 is 0.824 bits per heavy atom. The lowest BCUT2D eigenvalue weighted by molar-refractivity contribution is -0.122. The van der Waals surface area contributed by atoms with E-state index < -0.39 is 22.0 Å². The van der Waals surface area contributed by atoms with E-state index >= 15 is 0 Å². The SMILES string of the molecule is COc1ccc(OC)c(NS(=O)(=O)c2ccc(NC(=O)[C@H](C)Oc3ccccc3OC)cc2)c1. The molecule has 180 valence electrons. The molecular formula is C24H26N2O7S. The van der Waals surface area contributed by atoms with Crippen LogP contribution in [0.3, 0.4) is 0 Å². The average Bonchev–Trinajstić information content (AvgIpc) is 2.84. The number of sulfonamides is 1. The van der Waals surface area contributed by atoms with E-state index in [9.17, 15) is 13.2 Å². The third-order valence-corrected chi connectivity index (χ3v) is 6.21. The molecule has 1 amide bonds. The van der Waals surface area contributed by atoms with E-state index in [4.69, 9.17) is 18.9 Å². The van der Waals surface area contributed by atoms with Crippen LogP contribution in [0, 0.1) is 0 Å². The van der Waals surface area contributed by atoms with Crippen LogP contribution in [0.25, 0.3) is 0 Å². The lowest BCUT2D eigenvalue weighted by Crippen LogP contribution is -2.30. The van der Waals surface area contributed by atoms with Crippen molar-refractivity contribution in [2.24, 2.45) is 0 Å². The van der Waals surface area contributed by atoms with Crippen LogP contribution in [-0.2, 0) is 14.8 Å². The highest BCUT2D eigenvalue weighted by molar-refractivity contribution is 7.92. The Balaban J connectivity index is 1.69. The number of benzene rings is 3. The first kappa shape index (κ1) is 24.7. The second-order valence-electron chi connectivity index (χ2n) is 7.10. The quantitative estimate of drug-likeness (QED) is 0.447. The first-order chi connectivity index (χ1) is 16.3. The molecule has 0 fully saturated rings. The summed E-state index contributed by atoms with van der Waals surface area (Å²) in [5.41, 5.74) is 0.653. The highest BCUT2D eigenvalue weighted by Gasteiger charge is 2.19. The molecule has 0 bridgehead atoms. The normalized spacial score (nSPS) is 11.8. The predicted octanol–water partition coefficient (Wildman–Crippen LogP) is 3.92. The summed E-state index contributed by atoms with van der Waals surface area (Å²) in [7, 11) is 0.520. The second kappa shape index (κ2) is 10.8. The monoisotopic (exact) mass is 486 g/mol. The number of rotatable bonds is 10. The van der Waals surface area contributed by atoms with Gasteiger partial charge in [0.25, 0.3) is 15.9 Å². The molecule has 2 N–H and O–H groups in total. The lowest BCUT2D eigenvalue weighted by atomic mass is 10.3. The van der Waals surface area contributed by atoms with Crippen LogP contribution in [0.2, 0.25) is 0 Å². The van der Waals surface area contributed by atoms with Crippen molar-refractivity contribution in [3.05, 3.63) is 66.7 Å². The van der Waals surface area contributed by atoms with Crippen molar-refractivity contribution in [2.45, 2.75) is 17.9 Å². The van der Waals surface area contributed by atoms with Gasteiger partial charge in [-0.05, 0) is 55.5 Å². The average molecular weight is 487 g/mol. The molecule has 0 saturated carbocycles. The topological polar surface area (TPSA) is 112 Å². The molecule has 3 aromatic carbocycles. The van der Waals surface area contributed by atoms with Gasteiger partial charge in [0, 0.05) is 11.8 Å². The molecule has 0 heterocycles. The van der Waals surface area contributed by atoms with Gasteiger partial charge in [0.1, 0.15) is 11.5 Å². The van der Waals surface area contributed by atoms with Crippen LogP contribution in [0.1, 0.15) is 6.92 Å². The van der Waals surface area contributed by atoms with Crippen LogP contribution >= 0.6 is 0 Å². The molecule has 3 aromatic rings. The summed E-state index contributed by atoms with van der Waals surface area (Å²) in [6.45, 7) is 1.60. The van der Waals surface area contributed by atoms with Crippen molar-refractivity contribution in [2.75, 3.05) is 31.4 Å². The summed E-state index contributed by atoms with van der Waals surface area (Å²) in [4.78, 5) is 12.5. The third kappa shape index (κ3) is 5.90. The van der Waals surface area contributed by atoms with Gasteiger partial charge in [0.2, 0.25) is 0 Å². The maximum atomic E-state index is 12.8. The molecule has 0 aliphatic rings. The Morgan fingerprint density at radius 2 is 1.47 bits per heavy atom. The lowest BCUT2D eigenvalue weighted by Gasteiger charge is -2.17. The maximum Gasteiger partial charge on any atom is 0.265 e. The number of methoxy groups -OCH3 is 3. The maximum absolute atomic E-state index is 12.8. The van der Waals surface area contributed by atoms with Crippen LogP contribution in [0.4, 0.5) is 11.4 Å². The third-order valence-electron chi connectivity index (χ3n) is 4.83. The van der Waals surface area contributed by atoms with Crippen molar-refractivity contribution >= 4 is 27.3 Å². The summed E-state index contributed by atoms with van der Waals surface area (Å²) >= 11 is 0. The molecule has 0 aliphatic carbocycles. The van der Waals surface area contributed by atoms with Crippen molar-refractivity contribution in [1.29, 1.82) is 0 Å². The minimum atomic E-state index is -3.92. The Labute approximate surface area is 198 Å². The van der Waals surface area contributed by atoms with E-state index in [-0.39, 0.29) is 10.6 Å². The van der Waals surface area contributed by atoms with Crippen LogP contribution in [-0.4, -0.2) is 41.8 Å². The van der Waals surface area contributed by atoms with Gasteiger partial charge in [0.05, 0.1) is 31.9 Å². The number of para-hydroxylation sites is 2. The van der Waals surface area contributed by atoms with Crippen molar-refractivity contribution < 1.29 is 32.2 Å². The van der Waals surface area contributed by atoms with Gasteiger partial charge in [-0.3, -0.25) is 9.52 Å². The first-order valence-corrected chi connectivity index (χ1v) is 11.7. The Morgan fingerprint density at radius 3 is 2.09 bits per heavy atom. The van der Waals surface area contributed by atoms with E-state index in [2.05, 4.69) is 10.0 Å². The molecule has 34 heavy (non-hydrogen) atoms. The van der Waals surface area contributed by atoms with Crippen molar-refractivity contribution in [1.82, 2.24) is 0 Å². The molecule has 1 atom stereocenters. The zero-order valence-electron chi connectivity index (χ0n) is 19.2. The van der Waals surface area contributed by atoms with Gasteiger partial charge >= 0.3 is 0 Å². The molecule has 0 aliphatic heterocycles. The highest BCUT2D eigenvalue weighted by Crippen LogP contribution is 2.31. The van der Waals surface area contributed by atoms with Crippen LogP contribution < -0.4 is 29.0 Å². The van der Waals surface area contributed by atoms with E-state index in [0.717, 1.165) is 0 Å². The first-order valence-electron chi connectivity index (χ1n) is 10.2. The highest BCUT2D eigenvalue weighted by atomic mass is 32.2. The number of amides is 1. The van der Waals surface area contributed by atoms with E-state index in [1.54, 1.807) is 43.3 Å². The predicted molar refractivity (Wildman–Crippen MR) is 129 cm³/mol. The molecule has 0 unspecified atom stereocenters. The summed E-state index contributed by atoms with van der Waals surface area (Å²) < 4.78 is 49.5. The largest absolute Gasteiger partial charge is 0.497 e. The van der Waals surface area contributed by atoms with Gasteiger partial charge in [-0.1, -0.05) is 12.1 Å². The second-order valence-corrected chi connectivity index (χ2v) is 8.78. The molecule has 9 nitrogen and oxygen atoms in total. The number of carbonyl (C=O) groups is 1. The van der Waals surface area contributed by atoms with Crippen LogP contribution in [0.15, 0.2) is 71.6 Å². The molecule has 10 heteroatoms. The van der Waals surface area contributed by atoms with E-state index in [1.807, 2.05) is 0 Å². The molecule has 0 saturated heterocycles. The van der Waals surface area contributed by atoms with Crippen molar-refractivity contribution in [3.8, 4) is 23.0 Å². The fraction of sp³-hybridized carbons (Fsp3) is 0.208. The van der Waals surface area contributed by atoms with Gasteiger partial charge < -0.3 is 24.3 Å². The summed E-state index contributed by atoms with van der Waals surface area (Å²) in [5, 5.41) is 2.70. The fourth-order valence-electron chi connectivity index (χ4n) is 3.02. The standard InChI is InChI=1S/C24H26N2O7S/c1-16(33-23-8-6-5-7-22(23)32-4)24(27)25-17-9-12-19(13-10-17)34(28,29)26-20-15-18(30-2)11-14-21(20)31-3/h5-16,26H,1-4H3,(H,25,27)/t16-/m0/s1. The molecule has 3 rings (SSSR count). The zero-order valence-corrected chi connectivity index (χ0v) is 20.0. The van der Waals surface area contributed by atoms with Crippen molar-refractivity contribution in [3.63, 3.8) is 0 Å². The Hall–Kier alpha value is -3.92. The molecule has 0 radical (unpaired) electrons. The molecular weight excluding hydrogens is 460 g/mol. The van der Waals surface area contributed by atoms with E-state index in [0.29, 0.717) is 28.7 Å². The number of hydrogen-bond donors (Lipinski definition) is 2. The fourth-order valence-corrected chi connectivity index (χ4v) is 4.08. The summed E-state index contributed by atoms with van der Waals surface area (Å²) in [6.07, 6.45) is -0.818. The Kier molecular flexibility index (Phi) is 7.85. The molecule has 0 aromatic heterocycles. The number of carbonyl (C=O) groups excluding carboxylic acids is 1. The number of ether oxygens (including phenoxy) is 4. The minimum Gasteiger partial charge on any atom is -0.497 e. The van der Waals surface area contributed by atoms with Gasteiger partial charge in [-0.15, -0.1) is 0 Å². The molecule has 0 spiro atoms. The zero-order chi connectivity index (χ0) is 24.7. The van der Waals surface area contributed by atoms with E-state index in [1.165, 1.54) is 51.7 Å². The number of hydrogen-bond acceptors (Lipinski definition) is 7. The minimum absolute atomic E-state index is 0.00805. The summed E-state index contributed by atoms with van der Waals surface area (Å²) in [5.74, 6) is 1.36. The summed E-state index contributed by atoms with van der Waals surface area (Å²) in [6, 6.07) is 17.5. The van der Waals surface area contributed by atoms with Crippen LogP contribution in [0.5, 0.6) is 23.0 Å². The number of anilines is 2.